The minimum atomic E-state index is -0.469. The molecular weight excluding hydrogens is 624 g/mol. The summed E-state index contributed by atoms with van der Waals surface area (Å²) in [6.07, 6.45) is 1.49. The van der Waals surface area contributed by atoms with Gasteiger partial charge in [0.2, 0.25) is 0 Å². The third-order valence-corrected chi connectivity index (χ3v) is 6.39. The zero-order chi connectivity index (χ0) is 24.0. The van der Waals surface area contributed by atoms with Crippen molar-refractivity contribution in [2.24, 2.45) is 5.10 Å². The van der Waals surface area contributed by atoms with E-state index in [4.69, 9.17) is 4.74 Å². The summed E-state index contributed by atoms with van der Waals surface area (Å²) in [5.74, 6) is 0.537. The summed E-state index contributed by atoms with van der Waals surface area (Å²) in [6.45, 7) is 2.09. The first-order valence-corrected chi connectivity index (χ1v) is 11.8. The number of nitrogens with zero attached hydrogens (tertiary/aromatic N) is 2. The third kappa shape index (κ3) is 7.11. The number of nitro benzene ring substituents is 1. The van der Waals surface area contributed by atoms with Crippen LogP contribution >= 0.6 is 47.8 Å². The average molecular weight is 641 g/mol. The highest BCUT2D eigenvalue weighted by molar-refractivity contribution is 9.11. The number of aryl methyl sites for hydroxylation is 1. The molecule has 0 aromatic heterocycles. The van der Waals surface area contributed by atoms with Gasteiger partial charge in [-0.2, -0.15) is 5.10 Å². The second-order valence-electron chi connectivity index (χ2n) is 6.82. The van der Waals surface area contributed by atoms with E-state index in [0.29, 0.717) is 31.5 Å². The van der Waals surface area contributed by atoms with Crippen LogP contribution in [0.25, 0.3) is 0 Å². The second kappa shape index (κ2) is 11.4. The van der Waals surface area contributed by atoms with Crippen molar-refractivity contribution in [1.29, 1.82) is 0 Å². The minimum absolute atomic E-state index is 0.00703. The van der Waals surface area contributed by atoms with Gasteiger partial charge in [0.25, 0.3) is 5.69 Å². The van der Waals surface area contributed by atoms with E-state index in [0.717, 1.165) is 10.0 Å². The predicted octanol–water partition coefficient (Wildman–Crippen LogP) is 6.93. The summed E-state index contributed by atoms with van der Waals surface area (Å²) < 4.78 is 8.09. The smallest absolute Gasteiger partial charge is 0.339 e. The SMILES string of the molecule is Cc1cc(NC(=O)N/N=C/c2cc(Br)c(OCc3cccc([N+](=O)[O-])c3)c(Br)c2)ccc1Br. The van der Waals surface area contributed by atoms with Crippen LogP contribution in [0.2, 0.25) is 0 Å². The number of hydrogen-bond acceptors (Lipinski definition) is 5. The van der Waals surface area contributed by atoms with Gasteiger partial charge in [0.15, 0.2) is 0 Å². The molecule has 3 aromatic carbocycles. The fourth-order valence-corrected chi connectivity index (χ4v) is 4.45. The first-order chi connectivity index (χ1) is 15.7. The number of carbonyl (C=O) groups is 1. The van der Waals surface area contributed by atoms with Crippen LogP contribution < -0.4 is 15.5 Å². The van der Waals surface area contributed by atoms with Gasteiger partial charge in [0.05, 0.1) is 20.1 Å². The molecule has 11 heteroatoms. The molecule has 0 saturated carbocycles. The van der Waals surface area contributed by atoms with Gasteiger partial charge in [-0.15, -0.1) is 0 Å². The molecule has 0 unspecified atom stereocenters. The quantitative estimate of drug-likeness (QED) is 0.166. The van der Waals surface area contributed by atoms with Gasteiger partial charge in [-0.25, -0.2) is 10.2 Å². The highest BCUT2D eigenvalue weighted by Gasteiger charge is 2.11. The maximum absolute atomic E-state index is 12.0. The number of hydrazone groups is 1. The lowest BCUT2D eigenvalue weighted by molar-refractivity contribution is -0.384. The summed E-state index contributed by atoms with van der Waals surface area (Å²) >= 11 is 10.3. The van der Waals surface area contributed by atoms with Gasteiger partial charge in [0.1, 0.15) is 12.4 Å². The van der Waals surface area contributed by atoms with E-state index in [-0.39, 0.29) is 12.3 Å². The van der Waals surface area contributed by atoms with Crippen molar-refractivity contribution in [1.82, 2.24) is 5.43 Å². The van der Waals surface area contributed by atoms with E-state index in [2.05, 4.69) is 63.6 Å². The molecule has 8 nitrogen and oxygen atoms in total. The van der Waals surface area contributed by atoms with Gasteiger partial charge >= 0.3 is 6.03 Å². The highest BCUT2D eigenvalue weighted by atomic mass is 79.9. The van der Waals surface area contributed by atoms with E-state index in [9.17, 15) is 14.9 Å². The van der Waals surface area contributed by atoms with Crippen LogP contribution in [0.5, 0.6) is 5.75 Å². The van der Waals surface area contributed by atoms with E-state index in [1.165, 1.54) is 18.3 Å². The summed E-state index contributed by atoms with van der Waals surface area (Å²) in [5, 5.41) is 17.6. The number of benzene rings is 3. The van der Waals surface area contributed by atoms with Crippen molar-refractivity contribution in [2.45, 2.75) is 13.5 Å². The van der Waals surface area contributed by atoms with E-state index in [1.807, 2.05) is 19.1 Å². The van der Waals surface area contributed by atoms with Crippen LogP contribution in [-0.2, 0) is 6.61 Å². The molecule has 0 saturated heterocycles. The summed E-state index contributed by atoms with van der Waals surface area (Å²) in [4.78, 5) is 22.5. The Hall–Kier alpha value is -2.76. The van der Waals surface area contributed by atoms with Crippen LogP contribution in [0.3, 0.4) is 0 Å². The van der Waals surface area contributed by atoms with Crippen LogP contribution in [-0.4, -0.2) is 17.2 Å². The number of ether oxygens (including phenoxy) is 1. The first-order valence-electron chi connectivity index (χ1n) is 9.44. The van der Waals surface area contributed by atoms with Crippen LogP contribution in [0, 0.1) is 17.0 Å². The molecule has 0 aliphatic rings. The number of nitrogens with one attached hydrogen (secondary N) is 2. The summed E-state index contributed by atoms with van der Waals surface area (Å²) in [6, 6.07) is 14.8. The average Bonchev–Trinajstić information content (AvgIpc) is 2.76. The van der Waals surface area contributed by atoms with E-state index >= 15 is 0 Å². The Morgan fingerprint density at radius 2 is 1.82 bits per heavy atom. The number of urea groups is 1. The fraction of sp³-hybridized carbons (Fsp3) is 0.0909. The molecule has 0 aliphatic heterocycles. The molecule has 0 heterocycles. The van der Waals surface area contributed by atoms with Gasteiger partial charge in [-0.1, -0.05) is 28.1 Å². The maximum atomic E-state index is 12.0. The predicted molar refractivity (Wildman–Crippen MR) is 138 cm³/mol. The zero-order valence-electron chi connectivity index (χ0n) is 17.1. The van der Waals surface area contributed by atoms with Crippen molar-refractivity contribution < 1.29 is 14.5 Å². The molecule has 0 bridgehead atoms. The highest BCUT2D eigenvalue weighted by Crippen LogP contribution is 2.35. The molecule has 2 amide bonds. The lowest BCUT2D eigenvalue weighted by Crippen LogP contribution is -2.24. The Labute approximate surface area is 215 Å². The number of hydrogen-bond donors (Lipinski definition) is 2. The lowest BCUT2D eigenvalue weighted by atomic mass is 10.2. The normalized spacial score (nSPS) is 10.8. The number of anilines is 1. The molecule has 0 atom stereocenters. The van der Waals surface area contributed by atoms with Crippen molar-refractivity contribution in [3.05, 3.63) is 94.8 Å². The molecule has 3 aromatic rings. The van der Waals surface area contributed by atoms with Gasteiger partial charge in [-0.3, -0.25) is 10.1 Å². The topological polar surface area (TPSA) is 106 Å². The lowest BCUT2D eigenvalue weighted by Gasteiger charge is -2.11. The number of halogens is 3. The standard InChI is InChI=1S/C22H17Br3N4O4/c1-13-7-16(5-6-18(13)23)27-22(30)28-26-11-15-9-19(24)21(20(25)10-15)33-12-14-3-2-4-17(8-14)29(31)32/h2-11H,12H2,1H3,(H2,27,28,30)/b26-11+. The van der Waals surface area contributed by atoms with E-state index < -0.39 is 11.0 Å². The molecule has 0 spiro atoms. The zero-order valence-corrected chi connectivity index (χ0v) is 21.9. The summed E-state index contributed by atoms with van der Waals surface area (Å²) in [7, 11) is 0. The number of carbonyl (C=O) groups excluding carboxylic acids is 1. The maximum Gasteiger partial charge on any atom is 0.339 e. The summed E-state index contributed by atoms with van der Waals surface area (Å²) in [5.41, 5.74) is 5.45. The van der Waals surface area contributed by atoms with Crippen LogP contribution in [0.4, 0.5) is 16.2 Å². The Morgan fingerprint density at radius 3 is 2.48 bits per heavy atom. The largest absolute Gasteiger partial charge is 0.487 e. The van der Waals surface area contributed by atoms with Gasteiger partial charge in [-0.05, 0) is 85.8 Å². The number of nitro groups is 1. The monoisotopic (exact) mass is 638 g/mol. The van der Waals surface area contributed by atoms with E-state index in [1.54, 1.807) is 30.3 Å². The molecule has 0 radical (unpaired) electrons. The first kappa shape index (κ1) is 24.9. The Morgan fingerprint density at radius 1 is 1.09 bits per heavy atom. The Bertz CT molecular complexity index is 1210. The van der Waals surface area contributed by atoms with Gasteiger partial charge < -0.3 is 10.1 Å². The number of amides is 2. The fourth-order valence-electron chi connectivity index (χ4n) is 2.75. The number of non-ortho nitro benzene ring substituents is 1. The minimum Gasteiger partial charge on any atom is -0.487 e. The second-order valence-corrected chi connectivity index (χ2v) is 9.38. The third-order valence-electron chi connectivity index (χ3n) is 4.32. The molecule has 0 aliphatic carbocycles. The molecule has 170 valence electrons. The Balaban J connectivity index is 1.60. The Kier molecular flexibility index (Phi) is 8.59. The molecule has 3 rings (SSSR count). The molecule has 33 heavy (non-hydrogen) atoms. The van der Waals surface area contributed by atoms with Crippen molar-refractivity contribution in [2.75, 3.05) is 5.32 Å². The molecular formula is C22H17Br3N4O4. The molecule has 2 N–H and O–H groups in total. The van der Waals surface area contributed by atoms with Crippen LogP contribution in [0.15, 0.2) is 73.1 Å². The van der Waals surface area contributed by atoms with Crippen molar-refractivity contribution >= 4 is 71.4 Å². The van der Waals surface area contributed by atoms with Gasteiger partial charge in [0, 0.05) is 22.3 Å². The molecule has 0 fully saturated rings. The number of rotatable bonds is 7. The van der Waals surface area contributed by atoms with Crippen LogP contribution in [0.1, 0.15) is 16.7 Å². The van der Waals surface area contributed by atoms with Crippen molar-refractivity contribution in [3.8, 4) is 5.75 Å². The van der Waals surface area contributed by atoms with Crippen molar-refractivity contribution in [3.63, 3.8) is 0 Å².